The van der Waals surface area contributed by atoms with Crippen LogP contribution in [0.25, 0.3) is 0 Å². The molecule has 3 saturated carbocycles. The summed E-state index contributed by atoms with van der Waals surface area (Å²) < 4.78 is 6.68. The van der Waals surface area contributed by atoms with Gasteiger partial charge in [0.05, 0.1) is 0 Å². The van der Waals surface area contributed by atoms with Crippen LogP contribution in [0.4, 0.5) is 0 Å². The molecular formula is C26H34O2S. The maximum Gasteiger partial charge on any atom is 0.212 e. The predicted octanol–water partition coefficient (Wildman–Crippen LogP) is 6.43. The van der Waals surface area contributed by atoms with Crippen LogP contribution in [0.3, 0.4) is 0 Å². The summed E-state index contributed by atoms with van der Waals surface area (Å²) in [5, 5.41) is 0.715. The second-order valence-corrected chi connectivity index (χ2v) is 11.8. The van der Waals surface area contributed by atoms with Crippen LogP contribution in [-0.4, -0.2) is 16.5 Å². The van der Waals surface area contributed by atoms with E-state index in [1.54, 1.807) is 11.8 Å². The quantitative estimate of drug-likeness (QED) is 0.562. The van der Waals surface area contributed by atoms with Gasteiger partial charge in [-0.2, -0.15) is 0 Å². The smallest absolute Gasteiger partial charge is 0.212 e. The Labute approximate surface area is 179 Å². The summed E-state index contributed by atoms with van der Waals surface area (Å²) in [5.74, 6) is 3.93. The van der Waals surface area contributed by atoms with Crippen molar-refractivity contribution in [2.24, 2.45) is 34.5 Å². The molecule has 0 bridgehead atoms. The molecule has 3 fully saturated rings. The third kappa shape index (κ3) is 2.94. The Morgan fingerprint density at radius 1 is 1.10 bits per heavy atom. The third-order valence-electron chi connectivity index (χ3n) is 9.18. The summed E-state index contributed by atoms with van der Waals surface area (Å²) in [5.41, 5.74) is 1.68. The Bertz CT molecular complexity index is 847. The lowest BCUT2D eigenvalue weighted by Crippen LogP contribution is -2.56. The molecule has 0 radical (unpaired) electrons. The molecule has 0 amide bonds. The average Bonchev–Trinajstić information content (AvgIpc) is 3.01. The molecule has 1 aromatic rings. The van der Waals surface area contributed by atoms with E-state index in [9.17, 15) is 4.79 Å². The van der Waals surface area contributed by atoms with Gasteiger partial charge in [0.15, 0.2) is 0 Å². The second kappa shape index (κ2) is 6.90. The molecule has 1 aromatic carbocycles. The highest BCUT2D eigenvalue weighted by molar-refractivity contribution is 8.14. The monoisotopic (exact) mass is 410 g/mol. The van der Waals surface area contributed by atoms with Gasteiger partial charge >= 0.3 is 0 Å². The minimum atomic E-state index is 0.173. The van der Waals surface area contributed by atoms with Crippen molar-refractivity contribution in [1.29, 1.82) is 0 Å². The summed E-state index contributed by atoms with van der Waals surface area (Å²) in [4.78, 5) is 12.1. The molecule has 0 aromatic heterocycles. The van der Waals surface area contributed by atoms with E-state index in [1.807, 2.05) is 6.08 Å². The number of para-hydroxylation sites is 1. The first-order valence-electron chi connectivity index (χ1n) is 11.4. The number of aryl methyl sites for hydroxylation is 1. The van der Waals surface area contributed by atoms with Gasteiger partial charge in [-0.3, -0.25) is 4.79 Å². The molecule has 29 heavy (non-hydrogen) atoms. The summed E-state index contributed by atoms with van der Waals surface area (Å²) in [6.45, 7) is 9.57. The van der Waals surface area contributed by atoms with Gasteiger partial charge in [0, 0.05) is 16.1 Å². The molecule has 0 N–H and O–H groups in total. The number of thioether (sulfide) groups is 1. The van der Waals surface area contributed by atoms with Gasteiger partial charge < -0.3 is 4.74 Å². The minimum absolute atomic E-state index is 0.173. The number of fused-ring (bicyclic) bond motifs is 5. The summed E-state index contributed by atoms with van der Waals surface area (Å²) in [7, 11) is 0. The van der Waals surface area contributed by atoms with E-state index in [1.165, 1.54) is 37.7 Å². The molecule has 8 atom stereocenters. The van der Waals surface area contributed by atoms with Crippen LogP contribution in [0.1, 0.15) is 58.4 Å². The van der Waals surface area contributed by atoms with Gasteiger partial charge in [0.25, 0.3) is 0 Å². The molecule has 0 spiro atoms. The molecule has 0 unspecified atom stereocenters. The molecule has 1 aliphatic heterocycles. The van der Waals surface area contributed by atoms with E-state index in [0.717, 1.165) is 17.6 Å². The number of hydrogen-bond donors (Lipinski definition) is 0. The molecular weight excluding hydrogens is 376 g/mol. The van der Waals surface area contributed by atoms with Crippen molar-refractivity contribution in [3.05, 3.63) is 42.0 Å². The number of ether oxygens (including phenoxy) is 1. The first kappa shape index (κ1) is 19.7. The van der Waals surface area contributed by atoms with Crippen LogP contribution in [0, 0.1) is 41.4 Å². The van der Waals surface area contributed by atoms with Crippen molar-refractivity contribution in [2.75, 3.05) is 0 Å². The van der Waals surface area contributed by atoms with E-state index in [2.05, 4.69) is 58.0 Å². The number of carbonyl (C=O) groups excluding carboxylic acids is 1. The third-order valence-corrected chi connectivity index (χ3v) is 10.5. The SMILES string of the molecule is Cc1ccccc1O[C@H]1CC[C@H]2[C@@H]3[C@@H](C)C[C@H]4SC(=O)C=C[C@]4(C)[C@H]3CC[C@]12C. The Morgan fingerprint density at radius 2 is 1.90 bits per heavy atom. The van der Waals surface area contributed by atoms with E-state index < -0.39 is 0 Å². The zero-order valence-corrected chi connectivity index (χ0v) is 19.0. The number of hydrogen-bond acceptors (Lipinski definition) is 3. The van der Waals surface area contributed by atoms with Gasteiger partial charge in [0.1, 0.15) is 11.9 Å². The lowest BCUT2D eigenvalue weighted by atomic mass is 9.47. The lowest BCUT2D eigenvalue weighted by molar-refractivity contribution is -0.108. The van der Waals surface area contributed by atoms with Crippen LogP contribution in [0.5, 0.6) is 5.75 Å². The molecule has 3 aliphatic carbocycles. The van der Waals surface area contributed by atoms with Crippen molar-refractivity contribution in [3.8, 4) is 5.75 Å². The van der Waals surface area contributed by atoms with Crippen LogP contribution < -0.4 is 4.74 Å². The van der Waals surface area contributed by atoms with Crippen molar-refractivity contribution >= 4 is 16.9 Å². The fourth-order valence-electron chi connectivity index (χ4n) is 7.52. The fourth-order valence-corrected chi connectivity index (χ4v) is 8.86. The predicted molar refractivity (Wildman–Crippen MR) is 120 cm³/mol. The van der Waals surface area contributed by atoms with Crippen molar-refractivity contribution < 1.29 is 9.53 Å². The number of allylic oxidation sites excluding steroid dienone is 1. The van der Waals surface area contributed by atoms with Gasteiger partial charge in [-0.1, -0.05) is 56.8 Å². The van der Waals surface area contributed by atoms with Gasteiger partial charge in [-0.15, -0.1) is 0 Å². The molecule has 0 saturated heterocycles. The number of carbonyl (C=O) groups is 1. The highest BCUT2D eigenvalue weighted by Gasteiger charge is 2.62. The molecule has 5 rings (SSSR count). The fraction of sp³-hybridized carbons (Fsp3) is 0.654. The van der Waals surface area contributed by atoms with Crippen LogP contribution in [-0.2, 0) is 4.79 Å². The zero-order valence-electron chi connectivity index (χ0n) is 18.2. The Kier molecular flexibility index (Phi) is 4.70. The molecule has 2 nitrogen and oxygen atoms in total. The average molecular weight is 411 g/mol. The highest BCUT2D eigenvalue weighted by atomic mass is 32.2. The largest absolute Gasteiger partial charge is 0.490 e. The molecule has 4 aliphatic rings. The van der Waals surface area contributed by atoms with Crippen molar-refractivity contribution in [3.63, 3.8) is 0 Å². The Morgan fingerprint density at radius 3 is 2.69 bits per heavy atom. The molecule has 156 valence electrons. The Hall–Kier alpha value is -1.22. The topological polar surface area (TPSA) is 26.3 Å². The van der Waals surface area contributed by atoms with Crippen molar-refractivity contribution in [2.45, 2.75) is 71.2 Å². The van der Waals surface area contributed by atoms with Gasteiger partial charge in [0.2, 0.25) is 5.12 Å². The summed E-state index contributed by atoms with van der Waals surface area (Å²) in [6.07, 6.45) is 10.6. The normalized spacial score (nSPS) is 46.0. The van der Waals surface area contributed by atoms with Gasteiger partial charge in [-0.25, -0.2) is 0 Å². The zero-order chi connectivity index (χ0) is 20.4. The van der Waals surface area contributed by atoms with E-state index in [0.29, 0.717) is 23.2 Å². The number of rotatable bonds is 2. The lowest BCUT2D eigenvalue weighted by Gasteiger charge is -2.60. The van der Waals surface area contributed by atoms with E-state index >= 15 is 0 Å². The van der Waals surface area contributed by atoms with Crippen LogP contribution >= 0.6 is 11.8 Å². The Balaban J connectivity index is 1.44. The van der Waals surface area contributed by atoms with Crippen LogP contribution in [0.15, 0.2) is 36.4 Å². The maximum absolute atomic E-state index is 12.1. The first-order valence-corrected chi connectivity index (χ1v) is 12.3. The summed E-state index contributed by atoms with van der Waals surface area (Å²) in [6, 6.07) is 8.47. The van der Waals surface area contributed by atoms with Crippen molar-refractivity contribution in [1.82, 2.24) is 0 Å². The molecule has 1 heterocycles. The van der Waals surface area contributed by atoms with Gasteiger partial charge in [-0.05, 0) is 80.4 Å². The second-order valence-electron chi connectivity index (χ2n) is 10.6. The molecule has 3 heteroatoms. The standard InChI is InChI=1S/C26H34O2S/c1-16-7-5-6-8-20(16)28-21-10-9-18-24-17(2)15-22-26(4,14-12-23(27)29-22)19(24)11-13-25(18,21)3/h5-8,12,14,17-19,21-22,24H,9-11,13,15H2,1-4H3/t17-,18-,19-,21-,22+,24-,25-,26+/m0/s1. The first-order chi connectivity index (χ1) is 13.8. The highest BCUT2D eigenvalue weighted by Crippen LogP contribution is 2.66. The maximum atomic E-state index is 12.1. The van der Waals surface area contributed by atoms with Crippen LogP contribution in [0.2, 0.25) is 0 Å². The number of benzene rings is 1. The summed E-state index contributed by atoms with van der Waals surface area (Å²) >= 11 is 1.61. The van der Waals surface area contributed by atoms with E-state index in [4.69, 9.17) is 4.74 Å². The van der Waals surface area contributed by atoms with E-state index in [-0.39, 0.29) is 15.9 Å². The minimum Gasteiger partial charge on any atom is -0.490 e.